The number of hydrogen-bond donors (Lipinski definition) is 1. The molecule has 0 amide bonds. The molecule has 84 valence electrons. The molecule has 0 saturated heterocycles. The fourth-order valence-corrected chi connectivity index (χ4v) is 3.30. The minimum Gasteiger partial charge on any atom is -0.507 e. The Morgan fingerprint density at radius 2 is 1.88 bits per heavy atom. The van der Waals surface area contributed by atoms with Crippen LogP contribution in [0.5, 0.6) is 5.75 Å². The Bertz CT molecular complexity index is 693. The number of phenolic OH excluding ortho intramolecular Hbond substituents is 1. The van der Waals surface area contributed by atoms with Gasteiger partial charge in [0, 0.05) is 4.47 Å². The summed E-state index contributed by atoms with van der Waals surface area (Å²) in [6.45, 7) is 0. The lowest BCUT2D eigenvalue weighted by atomic mass is 10.2. The molecule has 1 heterocycles. The first-order valence-electron chi connectivity index (χ1n) is 5.09. The van der Waals surface area contributed by atoms with Crippen LogP contribution < -0.4 is 0 Å². The maximum absolute atomic E-state index is 9.81. The van der Waals surface area contributed by atoms with Crippen LogP contribution in [-0.4, -0.2) is 10.1 Å². The van der Waals surface area contributed by atoms with Gasteiger partial charge in [0.25, 0.3) is 0 Å². The van der Waals surface area contributed by atoms with E-state index in [1.165, 1.54) is 0 Å². The average molecular weight is 306 g/mol. The first-order chi connectivity index (χ1) is 8.25. The molecular weight excluding hydrogens is 298 g/mol. The second-order valence-corrected chi connectivity index (χ2v) is 5.51. The molecule has 0 radical (unpaired) electrons. The molecule has 0 aliphatic rings. The maximum Gasteiger partial charge on any atom is 0.128 e. The van der Waals surface area contributed by atoms with Gasteiger partial charge in [-0.3, -0.25) is 0 Å². The molecule has 0 aliphatic carbocycles. The van der Waals surface area contributed by atoms with E-state index in [1.807, 2.05) is 36.4 Å². The van der Waals surface area contributed by atoms with E-state index in [0.717, 1.165) is 25.3 Å². The number of nitrogens with zero attached hydrogens (tertiary/aromatic N) is 1. The van der Waals surface area contributed by atoms with Crippen molar-refractivity contribution in [3.05, 3.63) is 46.9 Å². The largest absolute Gasteiger partial charge is 0.507 e. The van der Waals surface area contributed by atoms with E-state index >= 15 is 0 Å². The third kappa shape index (κ3) is 1.83. The van der Waals surface area contributed by atoms with Gasteiger partial charge in [0.05, 0.1) is 15.8 Å². The van der Waals surface area contributed by atoms with Gasteiger partial charge < -0.3 is 5.11 Å². The standard InChI is InChI=1S/C13H8BrNOS/c14-9-5-3-7-11-12(9)15-13(17-11)8-4-1-2-6-10(8)16/h1-7,16H. The summed E-state index contributed by atoms with van der Waals surface area (Å²) in [6.07, 6.45) is 0. The third-order valence-corrected chi connectivity index (χ3v) is 4.20. The smallest absolute Gasteiger partial charge is 0.128 e. The number of benzene rings is 2. The van der Waals surface area contributed by atoms with Crippen LogP contribution in [0.1, 0.15) is 0 Å². The van der Waals surface area contributed by atoms with Crippen molar-refractivity contribution in [3.63, 3.8) is 0 Å². The highest BCUT2D eigenvalue weighted by Crippen LogP contribution is 2.36. The zero-order valence-electron chi connectivity index (χ0n) is 8.72. The predicted octanol–water partition coefficient (Wildman–Crippen LogP) is 4.43. The van der Waals surface area contributed by atoms with Gasteiger partial charge >= 0.3 is 0 Å². The Kier molecular flexibility index (Phi) is 2.61. The minimum atomic E-state index is 0.266. The van der Waals surface area contributed by atoms with E-state index in [-0.39, 0.29) is 5.75 Å². The summed E-state index contributed by atoms with van der Waals surface area (Å²) < 4.78 is 2.09. The number of aromatic nitrogens is 1. The number of thiazole rings is 1. The van der Waals surface area contributed by atoms with Gasteiger partial charge in [-0.25, -0.2) is 4.98 Å². The molecule has 2 nitrogen and oxygen atoms in total. The second kappa shape index (κ2) is 4.13. The molecule has 0 unspecified atom stereocenters. The quantitative estimate of drug-likeness (QED) is 0.721. The zero-order valence-corrected chi connectivity index (χ0v) is 11.1. The van der Waals surface area contributed by atoms with E-state index in [4.69, 9.17) is 0 Å². The van der Waals surface area contributed by atoms with Crippen LogP contribution in [0.2, 0.25) is 0 Å². The van der Waals surface area contributed by atoms with Crippen molar-refractivity contribution >= 4 is 37.5 Å². The van der Waals surface area contributed by atoms with Gasteiger partial charge in [-0.1, -0.05) is 18.2 Å². The first kappa shape index (κ1) is 10.7. The third-order valence-electron chi connectivity index (χ3n) is 2.50. The topological polar surface area (TPSA) is 33.1 Å². The van der Waals surface area contributed by atoms with Gasteiger partial charge in [-0.15, -0.1) is 11.3 Å². The summed E-state index contributed by atoms with van der Waals surface area (Å²) in [5.74, 6) is 0.266. The molecule has 0 aliphatic heterocycles. The van der Waals surface area contributed by atoms with E-state index < -0.39 is 0 Å². The van der Waals surface area contributed by atoms with Crippen LogP contribution >= 0.6 is 27.3 Å². The molecule has 1 N–H and O–H groups in total. The summed E-state index contributed by atoms with van der Waals surface area (Å²) >= 11 is 5.06. The van der Waals surface area contributed by atoms with Crippen LogP contribution in [0.25, 0.3) is 20.8 Å². The molecule has 0 fully saturated rings. The average Bonchev–Trinajstić information content (AvgIpc) is 2.75. The monoisotopic (exact) mass is 305 g/mol. The first-order valence-corrected chi connectivity index (χ1v) is 6.70. The van der Waals surface area contributed by atoms with E-state index in [2.05, 4.69) is 20.9 Å². The van der Waals surface area contributed by atoms with Crippen LogP contribution in [0, 0.1) is 0 Å². The number of phenols is 1. The van der Waals surface area contributed by atoms with Crippen LogP contribution in [0.15, 0.2) is 46.9 Å². The lowest BCUT2D eigenvalue weighted by molar-refractivity contribution is 0.477. The van der Waals surface area contributed by atoms with Crippen LogP contribution in [0.4, 0.5) is 0 Å². The Labute approximate surface area is 111 Å². The minimum absolute atomic E-state index is 0.266. The normalized spacial score (nSPS) is 10.9. The summed E-state index contributed by atoms with van der Waals surface area (Å²) in [7, 11) is 0. The van der Waals surface area contributed by atoms with Crippen molar-refractivity contribution < 1.29 is 5.11 Å². The lowest BCUT2D eigenvalue weighted by Gasteiger charge is -1.98. The summed E-state index contributed by atoms with van der Waals surface area (Å²) in [6, 6.07) is 13.2. The highest BCUT2D eigenvalue weighted by molar-refractivity contribution is 9.10. The number of hydrogen-bond acceptors (Lipinski definition) is 3. The fourth-order valence-electron chi connectivity index (χ4n) is 1.68. The highest BCUT2D eigenvalue weighted by Gasteiger charge is 2.10. The molecular formula is C13H8BrNOS. The Morgan fingerprint density at radius 1 is 1.06 bits per heavy atom. The molecule has 1 aromatic heterocycles. The van der Waals surface area contributed by atoms with Gasteiger partial charge in [0.1, 0.15) is 10.8 Å². The second-order valence-electron chi connectivity index (χ2n) is 3.62. The van der Waals surface area contributed by atoms with Crippen molar-refractivity contribution in [2.75, 3.05) is 0 Å². The van der Waals surface area contributed by atoms with Crippen molar-refractivity contribution in [1.29, 1.82) is 0 Å². The van der Waals surface area contributed by atoms with Gasteiger partial charge in [0.15, 0.2) is 0 Å². The number of para-hydroxylation sites is 2. The van der Waals surface area contributed by atoms with Crippen molar-refractivity contribution in [3.8, 4) is 16.3 Å². The Balaban J connectivity index is 2.26. The highest BCUT2D eigenvalue weighted by atomic mass is 79.9. The van der Waals surface area contributed by atoms with Crippen molar-refractivity contribution in [1.82, 2.24) is 4.98 Å². The molecule has 0 saturated carbocycles. The van der Waals surface area contributed by atoms with E-state index in [9.17, 15) is 5.11 Å². The van der Waals surface area contributed by atoms with E-state index in [0.29, 0.717) is 0 Å². The van der Waals surface area contributed by atoms with Gasteiger partial charge in [0.2, 0.25) is 0 Å². The number of rotatable bonds is 1. The number of aromatic hydroxyl groups is 1. The molecule has 4 heteroatoms. The van der Waals surface area contributed by atoms with E-state index in [1.54, 1.807) is 17.4 Å². The Hall–Kier alpha value is -1.39. The summed E-state index contributed by atoms with van der Waals surface area (Å²) in [4.78, 5) is 4.55. The van der Waals surface area contributed by atoms with Crippen LogP contribution in [0.3, 0.4) is 0 Å². The lowest BCUT2D eigenvalue weighted by Crippen LogP contribution is -1.76. The predicted molar refractivity (Wildman–Crippen MR) is 74.4 cm³/mol. The molecule has 2 aromatic carbocycles. The maximum atomic E-state index is 9.81. The van der Waals surface area contributed by atoms with Gasteiger partial charge in [-0.2, -0.15) is 0 Å². The SMILES string of the molecule is Oc1ccccc1-c1nc2c(Br)cccc2s1. The van der Waals surface area contributed by atoms with Crippen molar-refractivity contribution in [2.45, 2.75) is 0 Å². The molecule has 17 heavy (non-hydrogen) atoms. The van der Waals surface area contributed by atoms with Crippen molar-refractivity contribution in [2.24, 2.45) is 0 Å². The summed E-state index contributed by atoms with van der Waals surface area (Å²) in [5.41, 5.74) is 1.72. The molecule has 0 spiro atoms. The fraction of sp³-hybridized carbons (Fsp3) is 0. The summed E-state index contributed by atoms with van der Waals surface area (Å²) in [5, 5.41) is 10.7. The molecule has 0 bridgehead atoms. The molecule has 3 rings (SSSR count). The van der Waals surface area contributed by atoms with Gasteiger partial charge in [-0.05, 0) is 40.2 Å². The molecule has 3 aromatic rings. The zero-order chi connectivity index (χ0) is 11.8. The number of halogens is 1. The Morgan fingerprint density at radius 3 is 2.65 bits per heavy atom. The van der Waals surface area contributed by atoms with Crippen LogP contribution in [-0.2, 0) is 0 Å². The number of fused-ring (bicyclic) bond motifs is 1. The molecule has 0 atom stereocenters.